The molecule has 5 nitrogen and oxygen atoms in total. The Kier molecular flexibility index (Phi) is 7.69. The molecule has 0 aromatic heterocycles. The third kappa shape index (κ3) is 6.32. The average molecular weight is 459 g/mol. The molecular formula is C23H27BrN2O3. The smallest absolute Gasteiger partial charge is 0.220 e. The number of ketones is 1. The molecule has 1 fully saturated rings. The van der Waals surface area contributed by atoms with E-state index in [0.29, 0.717) is 37.3 Å². The van der Waals surface area contributed by atoms with E-state index < -0.39 is 0 Å². The molecule has 1 N–H and O–H groups in total. The fraction of sp³-hybridized carbons (Fsp3) is 0.391. The van der Waals surface area contributed by atoms with Crippen molar-refractivity contribution in [2.45, 2.75) is 25.7 Å². The van der Waals surface area contributed by atoms with E-state index in [2.05, 4.69) is 38.3 Å². The second kappa shape index (κ2) is 10.4. The first-order valence-electron chi connectivity index (χ1n) is 9.99. The molecule has 1 saturated heterocycles. The monoisotopic (exact) mass is 458 g/mol. The van der Waals surface area contributed by atoms with Crippen molar-refractivity contribution < 1.29 is 14.3 Å². The molecule has 2 aromatic rings. The fourth-order valence-corrected chi connectivity index (χ4v) is 3.97. The van der Waals surface area contributed by atoms with Gasteiger partial charge in [0.25, 0.3) is 0 Å². The maximum Gasteiger partial charge on any atom is 0.220 e. The fourth-order valence-electron chi connectivity index (χ4n) is 3.58. The number of anilines is 1. The molecule has 1 unspecified atom stereocenters. The Morgan fingerprint density at radius 2 is 1.97 bits per heavy atom. The maximum atomic E-state index is 12.2. The molecule has 3 rings (SSSR count). The van der Waals surface area contributed by atoms with E-state index in [-0.39, 0.29) is 11.7 Å². The molecule has 29 heavy (non-hydrogen) atoms. The Morgan fingerprint density at radius 1 is 1.17 bits per heavy atom. The van der Waals surface area contributed by atoms with E-state index >= 15 is 0 Å². The lowest BCUT2D eigenvalue weighted by Gasteiger charge is -2.19. The highest BCUT2D eigenvalue weighted by molar-refractivity contribution is 9.10. The summed E-state index contributed by atoms with van der Waals surface area (Å²) in [6.07, 6.45) is 2.39. The predicted molar refractivity (Wildman–Crippen MR) is 119 cm³/mol. The van der Waals surface area contributed by atoms with Crippen LogP contribution >= 0.6 is 15.9 Å². The maximum absolute atomic E-state index is 12.2. The summed E-state index contributed by atoms with van der Waals surface area (Å²) in [5.41, 5.74) is 1.87. The highest BCUT2D eigenvalue weighted by atomic mass is 79.9. The quantitative estimate of drug-likeness (QED) is 0.563. The van der Waals surface area contributed by atoms with Crippen LogP contribution in [0.25, 0.3) is 0 Å². The SMILES string of the molecule is COc1ccc(C(=O)CCCC(=O)NCC2CCN(c3cccc(Br)c3)C2)cc1. The Labute approximate surface area is 180 Å². The van der Waals surface area contributed by atoms with Crippen molar-refractivity contribution in [3.63, 3.8) is 0 Å². The molecule has 0 bridgehead atoms. The van der Waals surface area contributed by atoms with Gasteiger partial charge in [0.15, 0.2) is 5.78 Å². The number of carbonyl (C=O) groups is 2. The minimum atomic E-state index is 0.0217. The van der Waals surface area contributed by atoms with Crippen LogP contribution in [0.4, 0.5) is 5.69 Å². The number of nitrogens with one attached hydrogen (secondary N) is 1. The molecule has 1 amide bonds. The number of benzene rings is 2. The van der Waals surface area contributed by atoms with Crippen LogP contribution in [0.5, 0.6) is 5.75 Å². The lowest BCUT2D eigenvalue weighted by Crippen LogP contribution is -2.30. The number of hydrogen-bond acceptors (Lipinski definition) is 4. The molecule has 0 aliphatic carbocycles. The van der Waals surface area contributed by atoms with Gasteiger partial charge in [-0.2, -0.15) is 0 Å². The van der Waals surface area contributed by atoms with Gasteiger partial charge in [-0.3, -0.25) is 9.59 Å². The van der Waals surface area contributed by atoms with Crippen molar-refractivity contribution in [1.29, 1.82) is 0 Å². The molecule has 1 heterocycles. The lowest BCUT2D eigenvalue weighted by atomic mass is 10.0. The van der Waals surface area contributed by atoms with E-state index in [1.54, 1.807) is 31.4 Å². The minimum absolute atomic E-state index is 0.0217. The first-order valence-corrected chi connectivity index (χ1v) is 10.8. The van der Waals surface area contributed by atoms with E-state index in [9.17, 15) is 9.59 Å². The summed E-state index contributed by atoms with van der Waals surface area (Å²) in [6.45, 7) is 2.65. The number of halogens is 1. The molecule has 6 heteroatoms. The summed E-state index contributed by atoms with van der Waals surface area (Å²) in [7, 11) is 1.60. The first-order chi connectivity index (χ1) is 14.0. The summed E-state index contributed by atoms with van der Waals surface area (Å²) < 4.78 is 6.18. The second-order valence-corrected chi connectivity index (χ2v) is 8.31. The van der Waals surface area contributed by atoms with Crippen LogP contribution in [0, 0.1) is 5.92 Å². The predicted octanol–water partition coefficient (Wildman–Crippen LogP) is 4.45. The van der Waals surface area contributed by atoms with Crippen LogP contribution in [0.3, 0.4) is 0 Å². The zero-order valence-corrected chi connectivity index (χ0v) is 18.3. The molecule has 1 atom stereocenters. The second-order valence-electron chi connectivity index (χ2n) is 7.39. The van der Waals surface area contributed by atoms with E-state index in [1.165, 1.54) is 5.69 Å². The van der Waals surface area contributed by atoms with Crippen molar-refractivity contribution in [3.8, 4) is 5.75 Å². The van der Waals surface area contributed by atoms with Crippen LogP contribution < -0.4 is 15.0 Å². The van der Waals surface area contributed by atoms with Gasteiger partial charge in [-0.1, -0.05) is 22.0 Å². The Hall–Kier alpha value is -2.34. The Bertz CT molecular complexity index is 838. The zero-order chi connectivity index (χ0) is 20.6. The summed E-state index contributed by atoms with van der Waals surface area (Å²) in [6, 6.07) is 15.4. The number of hydrogen-bond donors (Lipinski definition) is 1. The summed E-state index contributed by atoms with van der Waals surface area (Å²) >= 11 is 3.52. The standard InChI is InChI=1S/C23H27BrN2O3/c1-29-21-10-8-18(9-11-21)22(27)6-3-7-23(28)25-15-17-12-13-26(16-17)20-5-2-4-19(24)14-20/h2,4-5,8-11,14,17H,3,6-7,12-13,15-16H2,1H3,(H,25,28). The van der Waals surface area contributed by atoms with Gasteiger partial charge >= 0.3 is 0 Å². The van der Waals surface area contributed by atoms with Gasteiger partial charge in [-0.15, -0.1) is 0 Å². The zero-order valence-electron chi connectivity index (χ0n) is 16.7. The summed E-state index contributed by atoms with van der Waals surface area (Å²) in [5.74, 6) is 1.26. The number of Topliss-reactive ketones (excluding diaryl/α,β-unsaturated/α-hetero) is 1. The van der Waals surface area contributed by atoms with Crippen molar-refractivity contribution in [2.75, 3.05) is 31.6 Å². The van der Waals surface area contributed by atoms with Crippen LogP contribution in [0.1, 0.15) is 36.0 Å². The van der Waals surface area contributed by atoms with Crippen molar-refractivity contribution in [3.05, 3.63) is 58.6 Å². The van der Waals surface area contributed by atoms with Gasteiger partial charge in [-0.25, -0.2) is 0 Å². The highest BCUT2D eigenvalue weighted by Gasteiger charge is 2.23. The highest BCUT2D eigenvalue weighted by Crippen LogP contribution is 2.26. The number of carbonyl (C=O) groups excluding carboxylic acids is 2. The molecule has 1 aliphatic heterocycles. The van der Waals surface area contributed by atoms with Crippen LogP contribution in [0.15, 0.2) is 53.0 Å². The van der Waals surface area contributed by atoms with Gasteiger partial charge in [0.1, 0.15) is 5.75 Å². The molecule has 2 aromatic carbocycles. The van der Waals surface area contributed by atoms with E-state index in [0.717, 1.165) is 29.7 Å². The van der Waals surface area contributed by atoms with Crippen molar-refractivity contribution in [2.24, 2.45) is 5.92 Å². The van der Waals surface area contributed by atoms with Gasteiger partial charge in [0, 0.05) is 48.2 Å². The molecule has 154 valence electrons. The Balaban J connectivity index is 1.34. The average Bonchev–Trinajstić information content (AvgIpc) is 3.21. The van der Waals surface area contributed by atoms with Crippen molar-refractivity contribution in [1.82, 2.24) is 5.32 Å². The van der Waals surface area contributed by atoms with Gasteiger partial charge < -0.3 is 15.0 Å². The van der Waals surface area contributed by atoms with Crippen LogP contribution in [-0.4, -0.2) is 38.4 Å². The van der Waals surface area contributed by atoms with E-state index in [4.69, 9.17) is 4.74 Å². The van der Waals surface area contributed by atoms with Gasteiger partial charge in [0.05, 0.1) is 7.11 Å². The minimum Gasteiger partial charge on any atom is -0.497 e. The van der Waals surface area contributed by atoms with Gasteiger partial charge in [0.2, 0.25) is 5.91 Å². The number of nitrogens with zero attached hydrogens (tertiary/aromatic N) is 1. The molecule has 1 aliphatic rings. The van der Waals surface area contributed by atoms with Gasteiger partial charge in [-0.05, 0) is 61.2 Å². The molecule has 0 radical (unpaired) electrons. The largest absolute Gasteiger partial charge is 0.497 e. The number of methoxy groups -OCH3 is 1. The first kappa shape index (κ1) is 21.4. The van der Waals surface area contributed by atoms with E-state index in [1.807, 2.05) is 12.1 Å². The normalized spacial score (nSPS) is 15.9. The Morgan fingerprint density at radius 3 is 2.69 bits per heavy atom. The summed E-state index contributed by atoms with van der Waals surface area (Å²) in [5, 5.41) is 3.03. The summed E-state index contributed by atoms with van der Waals surface area (Å²) in [4.78, 5) is 26.7. The topological polar surface area (TPSA) is 58.6 Å². The molecule has 0 spiro atoms. The molecular weight excluding hydrogens is 432 g/mol. The van der Waals surface area contributed by atoms with Crippen LogP contribution in [-0.2, 0) is 4.79 Å². The number of amides is 1. The number of ether oxygens (including phenoxy) is 1. The number of rotatable bonds is 9. The third-order valence-corrected chi connectivity index (χ3v) is 5.76. The lowest BCUT2D eigenvalue weighted by molar-refractivity contribution is -0.121. The molecule has 0 saturated carbocycles. The van der Waals surface area contributed by atoms with Crippen molar-refractivity contribution >= 4 is 33.3 Å². The third-order valence-electron chi connectivity index (χ3n) is 5.27. The van der Waals surface area contributed by atoms with Crippen LogP contribution in [0.2, 0.25) is 0 Å².